The predicted molar refractivity (Wildman–Crippen MR) is 79.3 cm³/mol. The number of para-hydroxylation sites is 1. The molecule has 0 fully saturated rings. The minimum atomic E-state index is 0.0673. The van der Waals surface area contributed by atoms with Crippen LogP contribution in [-0.2, 0) is 15.9 Å². The van der Waals surface area contributed by atoms with Crippen LogP contribution in [0, 0.1) is 0 Å². The number of nitrogens with zero attached hydrogens (tertiary/aromatic N) is 1. The summed E-state index contributed by atoms with van der Waals surface area (Å²) in [5, 5.41) is 1.16. The molecular weight excluding hydrogens is 254 g/mol. The van der Waals surface area contributed by atoms with Crippen LogP contribution in [0.1, 0.15) is 5.56 Å². The topological polar surface area (TPSA) is 69.4 Å². The third kappa shape index (κ3) is 3.98. The summed E-state index contributed by atoms with van der Waals surface area (Å²) in [6.07, 6.45) is 2.63. The van der Waals surface area contributed by atoms with Gasteiger partial charge in [-0.25, -0.2) is 0 Å². The number of nitrogens with one attached hydrogen (secondary N) is 1. The van der Waals surface area contributed by atoms with Gasteiger partial charge in [0.15, 0.2) is 0 Å². The summed E-state index contributed by atoms with van der Waals surface area (Å²) in [4.78, 5) is 4.36. The van der Waals surface area contributed by atoms with E-state index in [1.165, 1.54) is 5.56 Å². The van der Waals surface area contributed by atoms with E-state index in [1.54, 1.807) is 7.11 Å². The fraction of sp³-hybridized carbons (Fsp3) is 0.400. The summed E-state index contributed by atoms with van der Waals surface area (Å²) >= 11 is 0. The molecule has 0 bridgehead atoms. The first-order chi connectivity index (χ1) is 9.85. The van der Waals surface area contributed by atoms with Gasteiger partial charge in [0.05, 0.1) is 25.3 Å². The largest absolute Gasteiger partial charge is 0.382 e. The summed E-state index contributed by atoms with van der Waals surface area (Å²) in [5.41, 5.74) is 5.02. The highest BCUT2D eigenvalue weighted by atomic mass is 16.5. The van der Waals surface area contributed by atoms with E-state index in [0.29, 0.717) is 19.8 Å². The van der Waals surface area contributed by atoms with Crippen molar-refractivity contribution in [2.75, 3.05) is 26.9 Å². The first-order valence-electron chi connectivity index (χ1n) is 6.70. The maximum atomic E-state index is 5.60. The minimum Gasteiger partial charge on any atom is -0.382 e. The first kappa shape index (κ1) is 14.9. The van der Waals surface area contributed by atoms with Crippen LogP contribution in [0.2, 0.25) is 0 Å². The highest BCUT2D eigenvalue weighted by Crippen LogP contribution is 2.17. The molecule has 0 aliphatic rings. The Morgan fingerprint density at radius 1 is 1.25 bits per heavy atom. The number of hydrazine groups is 1. The van der Waals surface area contributed by atoms with Crippen LogP contribution in [0.15, 0.2) is 36.5 Å². The van der Waals surface area contributed by atoms with Gasteiger partial charge in [0, 0.05) is 24.7 Å². The lowest BCUT2D eigenvalue weighted by molar-refractivity contribution is 0.0588. The molecule has 5 nitrogen and oxygen atoms in total. The van der Waals surface area contributed by atoms with Crippen molar-refractivity contribution in [2.45, 2.75) is 12.5 Å². The smallest absolute Gasteiger partial charge is 0.0704 e. The maximum Gasteiger partial charge on any atom is 0.0704 e. The monoisotopic (exact) mass is 275 g/mol. The van der Waals surface area contributed by atoms with Crippen LogP contribution >= 0.6 is 0 Å². The molecule has 2 rings (SSSR count). The number of aromatic nitrogens is 1. The second-order valence-corrected chi connectivity index (χ2v) is 4.62. The van der Waals surface area contributed by atoms with E-state index >= 15 is 0 Å². The fourth-order valence-corrected chi connectivity index (χ4v) is 2.13. The van der Waals surface area contributed by atoms with Crippen molar-refractivity contribution in [1.29, 1.82) is 0 Å². The van der Waals surface area contributed by atoms with Crippen molar-refractivity contribution in [3.8, 4) is 0 Å². The molecule has 0 amide bonds. The Morgan fingerprint density at radius 2 is 2.10 bits per heavy atom. The van der Waals surface area contributed by atoms with Crippen LogP contribution in [-0.4, -0.2) is 38.0 Å². The van der Waals surface area contributed by atoms with Gasteiger partial charge in [-0.15, -0.1) is 0 Å². The van der Waals surface area contributed by atoms with Crippen molar-refractivity contribution in [2.24, 2.45) is 5.84 Å². The van der Waals surface area contributed by atoms with Gasteiger partial charge >= 0.3 is 0 Å². The lowest BCUT2D eigenvalue weighted by Crippen LogP contribution is -2.40. The van der Waals surface area contributed by atoms with Gasteiger partial charge in [0.1, 0.15) is 0 Å². The third-order valence-electron chi connectivity index (χ3n) is 3.19. The molecule has 1 heterocycles. The Balaban J connectivity index is 2.02. The van der Waals surface area contributed by atoms with Gasteiger partial charge in [-0.1, -0.05) is 18.2 Å². The number of hydrogen-bond donors (Lipinski definition) is 2. The molecule has 3 N–H and O–H groups in total. The fourth-order valence-electron chi connectivity index (χ4n) is 2.13. The molecule has 0 radical (unpaired) electrons. The quantitative estimate of drug-likeness (QED) is 0.431. The predicted octanol–water partition coefficient (Wildman–Crippen LogP) is 1.27. The van der Waals surface area contributed by atoms with Crippen LogP contribution in [0.5, 0.6) is 0 Å². The summed E-state index contributed by atoms with van der Waals surface area (Å²) in [5.74, 6) is 5.60. The summed E-state index contributed by atoms with van der Waals surface area (Å²) < 4.78 is 10.5. The molecule has 0 aliphatic heterocycles. The molecule has 20 heavy (non-hydrogen) atoms. The summed E-state index contributed by atoms with van der Waals surface area (Å²) in [7, 11) is 1.66. The van der Waals surface area contributed by atoms with Crippen LogP contribution in [0.25, 0.3) is 10.9 Å². The molecule has 0 spiro atoms. The van der Waals surface area contributed by atoms with Crippen molar-refractivity contribution in [3.05, 3.63) is 42.1 Å². The van der Waals surface area contributed by atoms with Gasteiger partial charge in [-0.05, 0) is 24.1 Å². The number of benzene rings is 1. The molecule has 0 aliphatic carbocycles. The average molecular weight is 275 g/mol. The van der Waals surface area contributed by atoms with Gasteiger partial charge < -0.3 is 9.47 Å². The van der Waals surface area contributed by atoms with Crippen molar-refractivity contribution >= 4 is 10.9 Å². The van der Waals surface area contributed by atoms with Gasteiger partial charge in [-0.3, -0.25) is 16.3 Å². The summed E-state index contributed by atoms with van der Waals surface area (Å²) in [6, 6.07) is 10.2. The minimum absolute atomic E-state index is 0.0673. The van der Waals surface area contributed by atoms with E-state index in [2.05, 4.69) is 16.5 Å². The molecule has 2 aromatic rings. The standard InChI is InChI=1S/C15H21N3O2/c1-19-8-9-20-11-13(18-16)10-12-6-7-17-15-5-3-2-4-14(12)15/h2-7,13,18H,8-11,16H2,1H3. The van der Waals surface area contributed by atoms with Gasteiger partial charge in [0.25, 0.3) is 0 Å². The van der Waals surface area contributed by atoms with Crippen LogP contribution in [0.3, 0.4) is 0 Å². The molecule has 5 heteroatoms. The third-order valence-corrected chi connectivity index (χ3v) is 3.19. The maximum absolute atomic E-state index is 5.60. The van der Waals surface area contributed by atoms with E-state index in [4.69, 9.17) is 15.3 Å². The first-order valence-corrected chi connectivity index (χ1v) is 6.70. The number of rotatable bonds is 8. The van der Waals surface area contributed by atoms with E-state index in [9.17, 15) is 0 Å². The van der Waals surface area contributed by atoms with Gasteiger partial charge in [-0.2, -0.15) is 0 Å². The molecule has 1 aromatic heterocycles. The van der Waals surface area contributed by atoms with E-state index in [1.807, 2.05) is 30.5 Å². The SMILES string of the molecule is COCCOCC(Cc1ccnc2ccccc12)NN. The molecule has 0 saturated carbocycles. The van der Waals surface area contributed by atoms with Gasteiger partial charge in [0.2, 0.25) is 0 Å². The number of hydrogen-bond acceptors (Lipinski definition) is 5. The Morgan fingerprint density at radius 3 is 2.90 bits per heavy atom. The van der Waals surface area contributed by atoms with Crippen LogP contribution < -0.4 is 11.3 Å². The average Bonchev–Trinajstić information content (AvgIpc) is 2.50. The highest BCUT2D eigenvalue weighted by molar-refractivity contribution is 5.81. The van der Waals surface area contributed by atoms with Crippen molar-refractivity contribution < 1.29 is 9.47 Å². The number of ether oxygens (including phenoxy) is 2. The second-order valence-electron chi connectivity index (χ2n) is 4.62. The van der Waals surface area contributed by atoms with Crippen molar-refractivity contribution in [1.82, 2.24) is 10.4 Å². The van der Waals surface area contributed by atoms with E-state index in [0.717, 1.165) is 17.3 Å². The zero-order chi connectivity index (χ0) is 14.2. The molecule has 1 atom stereocenters. The lowest BCUT2D eigenvalue weighted by Gasteiger charge is -2.17. The zero-order valence-corrected chi connectivity index (χ0v) is 11.7. The number of pyridine rings is 1. The Bertz CT molecular complexity index is 528. The zero-order valence-electron chi connectivity index (χ0n) is 11.7. The second kappa shape index (κ2) is 7.91. The Hall–Kier alpha value is -1.53. The normalized spacial score (nSPS) is 12.7. The molecule has 1 aromatic carbocycles. The van der Waals surface area contributed by atoms with Crippen molar-refractivity contribution in [3.63, 3.8) is 0 Å². The number of nitrogens with two attached hydrogens (primary N) is 1. The Labute approximate surface area is 119 Å². The molecule has 1 unspecified atom stereocenters. The number of methoxy groups -OCH3 is 1. The summed E-state index contributed by atoms with van der Waals surface area (Å²) in [6.45, 7) is 1.72. The van der Waals surface area contributed by atoms with E-state index in [-0.39, 0.29) is 6.04 Å². The van der Waals surface area contributed by atoms with E-state index < -0.39 is 0 Å². The molecular formula is C15H21N3O2. The highest BCUT2D eigenvalue weighted by Gasteiger charge is 2.10. The molecule has 108 valence electrons. The lowest BCUT2D eigenvalue weighted by atomic mass is 10.0. The Kier molecular flexibility index (Phi) is 5.88. The molecule has 0 saturated heterocycles. The number of fused-ring (bicyclic) bond motifs is 1. The van der Waals surface area contributed by atoms with Crippen LogP contribution in [0.4, 0.5) is 0 Å².